The molecule has 1 aliphatic heterocycles. The van der Waals surface area contributed by atoms with Crippen molar-refractivity contribution in [1.82, 2.24) is 63.8 Å². The van der Waals surface area contributed by atoms with E-state index in [1.165, 1.54) is 24.3 Å². The molecule has 0 aliphatic carbocycles. The molecule has 1 aromatic rings. The van der Waals surface area contributed by atoms with Crippen molar-refractivity contribution in [3.63, 3.8) is 0 Å². The van der Waals surface area contributed by atoms with E-state index in [1.54, 1.807) is 27.7 Å². The number of ketones is 1. The number of aliphatic hydroxyl groups is 1. The van der Waals surface area contributed by atoms with Crippen molar-refractivity contribution >= 4 is 112 Å². The number of nitrogens with two attached hydrogens (primary N) is 2. The van der Waals surface area contributed by atoms with E-state index in [0.29, 0.717) is 6.42 Å². The third kappa shape index (κ3) is 28.0. The van der Waals surface area contributed by atoms with Gasteiger partial charge in [0.15, 0.2) is 5.78 Å². The maximum Gasteiger partial charge on any atom is 0.329 e. The van der Waals surface area contributed by atoms with Crippen molar-refractivity contribution < 1.29 is 117 Å². The molecule has 12 atom stereocenters. The maximum atomic E-state index is 14.5. The van der Waals surface area contributed by atoms with E-state index in [9.17, 15) is 112 Å². The van der Waals surface area contributed by atoms with Gasteiger partial charge in [0.25, 0.3) is 0 Å². The van der Waals surface area contributed by atoms with Crippen molar-refractivity contribution in [1.29, 1.82) is 0 Å². The Morgan fingerprint density at radius 3 is 1.68 bits per heavy atom. The molecule has 21 N–H and O–H groups in total. The van der Waals surface area contributed by atoms with Gasteiger partial charge in [-0.1, -0.05) is 38.8 Å². The van der Waals surface area contributed by atoms with E-state index >= 15 is 0 Å². The molecule has 1 fully saturated rings. The standard InChI is InChI=1S/C56H82N14O24/c1-8-9-14-30-49(87)66-32(19-42(80)81)50(88)61-25(3)46(84)64-31(18-41(78)79)48(86)59-21-39(75)63-35(23-71)52(90)68-44(24(2)15-40(76)77)54(92)67-34(17-36(72)27-12-10-11-13-28(27)57)55(93)94-26(4)45(53(91)60-22-38(74)62-30)69-51(89)33(20-43(82)83)65-47(85)29(58)16-37(73)70-56(5,6)7/h10-13,24-26,29-35,44-45,71H,8-9,14-23,57-58H2,1-7H3,(H,59,86)(H,60,91)(H,61,88)(H,62,74)(H,63,75)(H,64,84)(H,65,85)(H,66,87)(H,67,92)(H,68,90)(H,69,89)(H,70,73)(H,76,77)(H,78,79)(H,80,81)(H,82,83). The summed E-state index contributed by atoms with van der Waals surface area (Å²) in [6.07, 6.45) is -8.07. The number of aliphatic carboxylic acids is 4. The first-order chi connectivity index (χ1) is 43.8. The summed E-state index contributed by atoms with van der Waals surface area (Å²) in [5.41, 5.74) is 10.8. The van der Waals surface area contributed by atoms with Gasteiger partial charge < -0.3 is 106 Å². The highest BCUT2D eigenvalue weighted by molar-refractivity contribution is 6.05. The number of hydrogen-bond donors (Lipinski definition) is 19. The number of cyclic esters (lactones) is 1. The lowest BCUT2D eigenvalue weighted by molar-refractivity contribution is -0.156. The minimum atomic E-state index is -2.31. The molecule has 0 aromatic heterocycles. The highest BCUT2D eigenvalue weighted by Crippen LogP contribution is 2.18. The number of amides is 12. The van der Waals surface area contributed by atoms with Crippen LogP contribution in [0.3, 0.4) is 0 Å². The molecule has 0 saturated carbocycles. The van der Waals surface area contributed by atoms with Gasteiger partial charge in [-0.2, -0.15) is 0 Å². The first-order valence-electron chi connectivity index (χ1n) is 29.2. The average Bonchev–Trinajstić information content (AvgIpc) is 0.868. The highest BCUT2D eigenvalue weighted by atomic mass is 16.5. The lowest BCUT2D eigenvalue weighted by Gasteiger charge is -2.30. The third-order valence-corrected chi connectivity index (χ3v) is 13.5. The number of carboxylic acids is 4. The van der Waals surface area contributed by atoms with E-state index in [0.717, 1.165) is 20.8 Å². The molecule has 0 bridgehead atoms. The number of benzene rings is 1. The van der Waals surface area contributed by atoms with Gasteiger partial charge in [0, 0.05) is 23.2 Å². The van der Waals surface area contributed by atoms with Crippen molar-refractivity contribution in [2.75, 3.05) is 25.4 Å². The summed E-state index contributed by atoms with van der Waals surface area (Å²) < 4.78 is 5.60. The number of carbonyl (C=O) groups is 18. The predicted molar refractivity (Wildman–Crippen MR) is 320 cm³/mol. The number of aliphatic hydroxyl groups excluding tert-OH is 1. The van der Waals surface area contributed by atoms with E-state index < -0.39 is 243 Å². The normalized spacial score (nSPS) is 23.2. The smallest absolute Gasteiger partial charge is 0.329 e. The fourth-order valence-electron chi connectivity index (χ4n) is 8.67. The van der Waals surface area contributed by atoms with Gasteiger partial charge in [0.2, 0.25) is 70.9 Å². The predicted octanol–water partition coefficient (Wildman–Crippen LogP) is -7.25. The Bertz CT molecular complexity index is 3030. The first-order valence-corrected chi connectivity index (χ1v) is 29.2. The molecule has 94 heavy (non-hydrogen) atoms. The van der Waals surface area contributed by atoms with Gasteiger partial charge >= 0.3 is 29.8 Å². The first kappa shape index (κ1) is 79.7. The number of para-hydroxylation sites is 1. The Morgan fingerprint density at radius 2 is 1.14 bits per heavy atom. The molecule has 1 aliphatic rings. The zero-order valence-corrected chi connectivity index (χ0v) is 52.4. The summed E-state index contributed by atoms with van der Waals surface area (Å²) in [4.78, 5) is 240. The van der Waals surface area contributed by atoms with Crippen molar-refractivity contribution in [3.8, 4) is 0 Å². The minimum Gasteiger partial charge on any atom is -0.481 e. The molecule has 12 unspecified atom stereocenters. The van der Waals surface area contributed by atoms with Crippen LogP contribution in [0, 0.1) is 5.92 Å². The second-order valence-corrected chi connectivity index (χ2v) is 22.8. The summed E-state index contributed by atoms with van der Waals surface area (Å²) >= 11 is 0. The van der Waals surface area contributed by atoms with E-state index in [2.05, 4.69) is 47.9 Å². The van der Waals surface area contributed by atoms with Crippen LogP contribution in [0.4, 0.5) is 5.69 Å². The number of esters is 1. The molecule has 38 heteroatoms. The fourth-order valence-corrected chi connectivity index (χ4v) is 8.67. The number of hydrogen-bond acceptors (Lipinski definition) is 22. The van der Waals surface area contributed by atoms with Crippen LogP contribution in [0.1, 0.15) is 117 Å². The largest absolute Gasteiger partial charge is 0.481 e. The molecule has 0 radical (unpaired) electrons. The molecular weight excluding hydrogens is 1250 g/mol. The molecule has 1 heterocycles. The van der Waals surface area contributed by atoms with Crippen molar-refractivity contribution in [2.45, 2.75) is 178 Å². The molecule has 1 aromatic carbocycles. The van der Waals surface area contributed by atoms with Crippen LogP contribution in [-0.4, -0.2) is 224 Å². The maximum absolute atomic E-state index is 14.5. The number of unbranched alkanes of at least 4 members (excludes halogenated alkanes) is 1. The van der Waals surface area contributed by atoms with Gasteiger partial charge in [-0.05, 0) is 59.1 Å². The van der Waals surface area contributed by atoms with E-state index in [4.69, 9.17) is 16.2 Å². The molecular formula is C56H82N14O24. The molecule has 520 valence electrons. The lowest BCUT2D eigenvalue weighted by Crippen LogP contribution is -2.61. The average molecular weight is 1340 g/mol. The number of rotatable bonds is 22. The quantitative estimate of drug-likeness (QED) is 0.0291. The zero-order chi connectivity index (χ0) is 71.5. The summed E-state index contributed by atoms with van der Waals surface area (Å²) in [6, 6.07) is -14.8. The Balaban J connectivity index is 2.94. The molecule has 1 saturated heterocycles. The molecule has 12 amide bonds. The fraction of sp³-hybridized carbons (Fsp3) is 0.571. The van der Waals surface area contributed by atoms with Gasteiger partial charge in [0.1, 0.15) is 60.5 Å². The van der Waals surface area contributed by atoms with E-state index in [-0.39, 0.29) is 24.1 Å². The number of ether oxygens (including phenoxy) is 1. The van der Waals surface area contributed by atoms with Crippen LogP contribution in [0.15, 0.2) is 24.3 Å². The van der Waals surface area contributed by atoms with Gasteiger partial charge in [-0.25, -0.2) is 4.79 Å². The Kier molecular flexibility index (Phi) is 32.1. The molecule has 2 rings (SSSR count). The molecule has 0 spiro atoms. The zero-order valence-electron chi connectivity index (χ0n) is 52.4. The summed E-state index contributed by atoms with van der Waals surface area (Å²) in [7, 11) is 0. The van der Waals surface area contributed by atoms with Gasteiger partial charge in [0.05, 0.1) is 57.8 Å². The van der Waals surface area contributed by atoms with Gasteiger partial charge in [-0.15, -0.1) is 0 Å². The number of carbonyl (C=O) groups excluding carboxylic acids is 14. The van der Waals surface area contributed by atoms with E-state index in [1.807, 2.05) is 16.0 Å². The summed E-state index contributed by atoms with van der Waals surface area (Å²) in [6.45, 7) is 5.97. The monoisotopic (exact) mass is 1330 g/mol. The van der Waals surface area contributed by atoms with Crippen LogP contribution in [0.25, 0.3) is 0 Å². The van der Waals surface area contributed by atoms with Crippen LogP contribution < -0.4 is 75.3 Å². The van der Waals surface area contributed by atoms with Crippen LogP contribution in [0.2, 0.25) is 0 Å². The van der Waals surface area contributed by atoms with Gasteiger partial charge in [-0.3, -0.25) is 81.5 Å². The Morgan fingerprint density at radius 1 is 0.617 bits per heavy atom. The second kappa shape index (κ2) is 37.8. The lowest BCUT2D eigenvalue weighted by atomic mass is 9.96. The number of Topliss-reactive ketones (excluding diaryl/α,β-unsaturated/α-hetero) is 1. The van der Waals surface area contributed by atoms with Crippen LogP contribution >= 0.6 is 0 Å². The second-order valence-electron chi connectivity index (χ2n) is 22.8. The minimum absolute atomic E-state index is 0.157. The third-order valence-electron chi connectivity index (χ3n) is 13.5. The Hall–Kier alpha value is -10.4. The Labute approximate surface area is 536 Å². The van der Waals surface area contributed by atoms with Crippen LogP contribution in [-0.2, 0) is 86.2 Å². The van der Waals surface area contributed by atoms with Crippen LogP contribution in [0.5, 0.6) is 0 Å². The number of nitrogen functional groups attached to an aromatic ring is 1. The number of carboxylic acid groups (broad SMARTS) is 4. The summed E-state index contributed by atoms with van der Waals surface area (Å²) in [5, 5.41) is 74.8. The highest BCUT2D eigenvalue weighted by Gasteiger charge is 2.40. The van der Waals surface area contributed by atoms with Crippen molar-refractivity contribution in [2.24, 2.45) is 11.7 Å². The van der Waals surface area contributed by atoms with Crippen molar-refractivity contribution in [3.05, 3.63) is 29.8 Å². The topological polar surface area (TPSA) is 614 Å². The number of nitrogens with one attached hydrogen (secondary N) is 12. The number of anilines is 1. The SMILES string of the molecule is CCCCC1NC(=O)CNC(=O)C(NC(=O)C(CC(=O)O)NC(=O)C(N)CC(=O)NC(C)(C)C)C(C)OC(=O)C(CC(=O)c2ccccc2N)NC(=O)C(C(C)CC(=O)O)NC(=O)C(CO)NC(=O)CNC(=O)C(CC(=O)O)NC(=O)C(C)NC(=O)C(CC(=O)O)NC1=O. The summed E-state index contributed by atoms with van der Waals surface area (Å²) in [5.74, 6) is -26.4. The molecule has 38 nitrogen and oxygen atoms in total.